The van der Waals surface area contributed by atoms with Gasteiger partial charge in [0, 0.05) is 6.04 Å². The Balaban J connectivity index is 1.96. The van der Waals surface area contributed by atoms with Crippen LogP contribution in [-0.2, 0) is 4.79 Å². The summed E-state index contributed by atoms with van der Waals surface area (Å²) in [5, 5.41) is 3.14. The first-order valence-corrected chi connectivity index (χ1v) is 6.49. The molecule has 3 unspecified atom stereocenters. The Hall–Kier alpha value is -0.640. The highest BCUT2D eigenvalue weighted by molar-refractivity contribution is 7.80. The van der Waals surface area contributed by atoms with Crippen molar-refractivity contribution in [2.75, 3.05) is 0 Å². The van der Waals surface area contributed by atoms with E-state index in [2.05, 4.69) is 19.2 Å². The zero-order valence-electron chi connectivity index (χ0n) is 9.95. The summed E-state index contributed by atoms with van der Waals surface area (Å²) < 4.78 is 0. The molecule has 90 valence electrons. The summed E-state index contributed by atoms with van der Waals surface area (Å²) in [5.74, 6) is 1.32. The molecule has 2 saturated carbocycles. The van der Waals surface area contributed by atoms with Crippen LogP contribution in [0.4, 0.5) is 0 Å². The lowest BCUT2D eigenvalue weighted by Crippen LogP contribution is -2.45. The summed E-state index contributed by atoms with van der Waals surface area (Å²) in [7, 11) is 0. The number of nitrogens with one attached hydrogen (secondary N) is 1. The predicted octanol–water partition coefficient (Wildman–Crippen LogP) is 1.60. The second kappa shape index (κ2) is 3.99. The highest BCUT2D eigenvalue weighted by Gasteiger charge is 2.53. The van der Waals surface area contributed by atoms with Crippen LogP contribution in [0.3, 0.4) is 0 Å². The third-order valence-electron chi connectivity index (χ3n) is 4.44. The quantitative estimate of drug-likeness (QED) is 0.737. The average Bonchev–Trinajstić information content (AvgIpc) is 2.98. The number of nitrogens with two attached hydrogens (primary N) is 1. The van der Waals surface area contributed by atoms with E-state index >= 15 is 0 Å². The summed E-state index contributed by atoms with van der Waals surface area (Å²) in [6, 6.07) is 0.314. The highest BCUT2D eigenvalue weighted by Crippen LogP contribution is 2.46. The lowest BCUT2D eigenvalue weighted by Gasteiger charge is -2.22. The van der Waals surface area contributed by atoms with E-state index in [0.717, 1.165) is 19.3 Å². The first kappa shape index (κ1) is 11.8. The number of rotatable bonds is 3. The molecule has 1 amide bonds. The van der Waals surface area contributed by atoms with Gasteiger partial charge in [-0.05, 0) is 37.5 Å². The summed E-state index contributed by atoms with van der Waals surface area (Å²) in [6.07, 6.45) is 3.93. The molecule has 0 heterocycles. The van der Waals surface area contributed by atoms with Gasteiger partial charge in [0.1, 0.15) is 0 Å². The highest BCUT2D eigenvalue weighted by atomic mass is 32.1. The van der Waals surface area contributed by atoms with Crippen molar-refractivity contribution in [1.82, 2.24) is 5.32 Å². The van der Waals surface area contributed by atoms with E-state index in [1.807, 2.05) is 0 Å². The smallest absolute Gasteiger partial charge is 0.233 e. The molecule has 0 saturated heterocycles. The minimum Gasteiger partial charge on any atom is -0.392 e. The second-order valence-corrected chi connectivity index (χ2v) is 5.88. The van der Waals surface area contributed by atoms with Crippen LogP contribution in [0.2, 0.25) is 0 Å². The molecule has 0 aliphatic heterocycles. The van der Waals surface area contributed by atoms with Crippen LogP contribution in [0.15, 0.2) is 0 Å². The lowest BCUT2D eigenvalue weighted by atomic mass is 9.97. The van der Waals surface area contributed by atoms with E-state index in [9.17, 15) is 4.79 Å². The first-order valence-electron chi connectivity index (χ1n) is 6.08. The maximum absolute atomic E-state index is 12.1. The molecule has 0 aromatic rings. The molecule has 2 aliphatic carbocycles. The number of carbonyl (C=O) groups is 1. The number of amides is 1. The van der Waals surface area contributed by atoms with Gasteiger partial charge in [-0.1, -0.05) is 26.1 Å². The van der Waals surface area contributed by atoms with Gasteiger partial charge in [0.05, 0.1) is 10.4 Å². The molecular formula is C12H20N2OS. The average molecular weight is 240 g/mol. The molecule has 2 fully saturated rings. The fourth-order valence-corrected chi connectivity index (χ4v) is 2.88. The van der Waals surface area contributed by atoms with Crippen LogP contribution in [0.1, 0.15) is 39.5 Å². The van der Waals surface area contributed by atoms with E-state index in [1.54, 1.807) is 0 Å². The predicted molar refractivity (Wildman–Crippen MR) is 67.9 cm³/mol. The summed E-state index contributed by atoms with van der Waals surface area (Å²) in [5.41, 5.74) is 5.14. The van der Waals surface area contributed by atoms with Gasteiger partial charge < -0.3 is 11.1 Å². The molecule has 3 N–H and O–H groups in total. The van der Waals surface area contributed by atoms with Crippen molar-refractivity contribution in [1.29, 1.82) is 0 Å². The molecule has 0 aromatic carbocycles. The Morgan fingerprint density at radius 3 is 2.38 bits per heavy atom. The third-order valence-corrected chi connectivity index (χ3v) is 4.83. The van der Waals surface area contributed by atoms with Gasteiger partial charge in [0.2, 0.25) is 5.91 Å². The van der Waals surface area contributed by atoms with Gasteiger partial charge in [0.25, 0.3) is 0 Å². The largest absolute Gasteiger partial charge is 0.392 e. The van der Waals surface area contributed by atoms with Gasteiger partial charge in [0.15, 0.2) is 0 Å². The number of carbonyl (C=O) groups excluding carboxylic acids is 1. The maximum atomic E-state index is 12.1. The van der Waals surface area contributed by atoms with Gasteiger partial charge in [-0.15, -0.1) is 0 Å². The Kier molecular flexibility index (Phi) is 2.95. The molecule has 2 rings (SSSR count). The molecule has 2 aliphatic rings. The Morgan fingerprint density at radius 1 is 1.38 bits per heavy atom. The molecule has 3 nitrogen and oxygen atoms in total. The molecule has 16 heavy (non-hydrogen) atoms. The van der Waals surface area contributed by atoms with Crippen molar-refractivity contribution in [2.45, 2.75) is 45.6 Å². The molecule has 4 heteroatoms. The van der Waals surface area contributed by atoms with Crippen molar-refractivity contribution >= 4 is 23.1 Å². The Bertz CT molecular complexity index is 325. The molecular weight excluding hydrogens is 220 g/mol. The Morgan fingerprint density at radius 2 is 2.00 bits per heavy atom. The van der Waals surface area contributed by atoms with E-state index in [1.165, 1.54) is 6.42 Å². The van der Waals surface area contributed by atoms with Crippen molar-refractivity contribution in [3.8, 4) is 0 Å². The zero-order valence-corrected chi connectivity index (χ0v) is 10.8. The molecule has 3 atom stereocenters. The monoisotopic (exact) mass is 240 g/mol. The van der Waals surface area contributed by atoms with Crippen LogP contribution >= 0.6 is 12.2 Å². The number of hydrogen-bond donors (Lipinski definition) is 2. The summed E-state index contributed by atoms with van der Waals surface area (Å²) >= 11 is 4.98. The van der Waals surface area contributed by atoms with Crippen molar-refractivity contribution < 1.29 is 4.79 Å². The van der Waals surface area contributed by atoms with Crippen LogP contribution in [0.25, 0.3) is 0 Å². The van der Waals surface area contributed by atoms with Gasteiger partial charge in [-0.3, -0.25) is 4.79 Å². The molecule has 0 aromatic heterocycles. The first-order chi connectivity index (χ1) is 7.47. The van der Waals surface area contributed by atoms with E-state index in [4.69, 9.17) is 18.0 Å². The summed E-state index contributed by atoms with van der Waals surface area (Å²) in [4.78, 5) is 12.5. The van der Waals surface area contributed by atoms with E-state index in [-0.39, 0.29) is 5.91 Å². The van der Waals surface area contributed by atoms with Crippen LogP contribution in [0.5, 0.6) is 0 Å². The van der Waals surface area contributed by atoms with Gasteiger partial charge in [-0.2, -0.15) is 0 Å². The van der Waals surface area contributed by atoms with Crippen molar-refractivity contribution in [3.05, 3.63) is 0 Å². The van der Waals surface area contributed by atoms with Crippen molar-refractivity contribution in [3.63, 3.8) is 0 Å². The SMILES string of the molecule is CC1CCC(NC(=O)C2(C(N)=S)CC2)C1C. The molecule has 0 radical (unpaired) electrons. The van der Waals surface area contributed by atoms with Crippen LogP contribution in [0, 0.1) is 17.3 Å². The fraction of sp³-hybridized carbons (Fsp3) is 0.833. The number of hydrogen-bond acceptors (Lipinski definition) is 2. The third kappa shape index (κ3) is 1.83. The Labute approximate surface area is 102 Å². The van der Waals surface area contributed by atoms with Gasteiger partial charge in [-0.25, -0.2) is 0 Å². The minimum absolute atomic E-state index is 0.0611. The topological polar surface area (TPSA) is 55.1 Å². The lowest BCUT2D eigenvalue weighted by molar-refractivity contribution is -0.125. The standard InChI is InChI=1S/C12H20N2OS/c1-7-3-4-9(8(7)2)14-11(15)12(5-6-12)10(13)16/h7-9H,3-6H2,1-2H3,(H2,13,16)(H,14,15). The van der Waals surface area contributed by atoms with Crippen LogP contribution in [-0.4, -0.2) is 16.9 Å². The number of thiocarbonyl (C=S) groups is 1. The summed E-state index contributed by atoms with van der Waals surface area (Å²) in [6.45, 7) is 4.46. The van der Waals surface area contributed by atoms with Gasteiger partial charge >= 0.3 is 0 Å². The normalized spacial score (nSPS) is 35.8. The van der Waals surface area contributed by atoms with E-state index < -0.39 is 5.41 Å². The van der Waals surface area contributed by atoms with Crippen molar-refractivity contribution in [2.24, 2.45) is 23.0 Å². The van der Waals surface area contributed by atoms with Crippen LogP contribution < -0.4 is 11.1 Å². The zero-order chi connectivity index (χ0) is 11.9. The molecule has 0 spiro atoms. The van der Waals surface area contributed by atoms with E-state index in [0.29, 0.717) is 22.9 Å². The maximum Gasteiger partial charge on any atom is 0.233 e. The molecule has 0 bridgehead atoms. The second-order valence-electron chi connectivity index (χ2n) is 5.44. The fourth-order valence-electron chi connectivity index (χ4n) is 2.59. The minimum atomic E-state index is -0.499.